The minimum atomic E-state index is -0.556. The van der Waals surface area contributed by atoms with E-state index in [1.807, 2.05) is 30.3 Å². The molecule has 2 aromatic carbocycles. The van der Waals surface area contributed by atoms with Crippen molar-refractivity contribution in [1.82, 2.24) is 9.55 Å². The molecule has 1 heterocycles. The van der Waals surface area contributed by atoms with Gasteiger partial charge in [0.2, 0.25) is 0 Å². The number of carbonyl (C=O) groups excluding carboxylic acids is 2. The predicted octanol–water partition coefficient (Wildman–Crippen LogP) is 2.65. The molecule has 7 nitrogen and oxygen atoms in total. The van der Waals surface area contributed by atoms with Crippen LogP contribution in [-0.4, -0.2) is 28.0 Å². The maximum atomic E-state index is 12.6. The van der Waals surface area contributed by atoms with Crippen LogP contribution < -0.4 is 15.8 Å². The number of anilines is 1. The maximum Gasteiger partial charge on any atom is 0.274 e. The van der Waals surface area contributed by atoms with Crippen molar-refractivity contribution in [3.63, 3.8) is 0 Å². The zero-order chi connectivity index (χ0) is 18.5. The van der Waals surface area contributed by atoms with Crippen molar-refractivity contribution in [3.8, 4) is 11.4 Å². The minimum Gasteiger partial charge on any atom is -0.484 e. The number of aromatic nitrogens is 2. The molecule has 0 aliphatic heterocycles. The Balaban J connectivity index is 1.77. The predicted molar refractivity (Wildman–Crippen MR) is 100 cm³/mol. The van der Waals surface area contributed by atoms with Crippen molar-refractivity contribution in [3.05, 3.63) is 71.3 Å². The van der Waals surface area contributed by atoms with Gasteiger partial charge in [-0.25, -0.2) is 0 Å². The van der Waals surface area contributed by atoms with Crippen LogP contribution in [0.1, 0.15) is 10.5 Å². The van der Waals surface area contributed by atoms with Crippen LogP contribution in [0.25, 0.3) is 5.69 Å². The largest absolute Gasteiger partial charge is 0.484 e. The molecular weight excluding hydrogens is 352 g/mol. The summed E-state index contributed by atoms with van der Waals surface area (Å²) in [6, 6.07) is 16.0. The van der Waals surface area contributed by atoms with Gasteiger partial charge >= 0.3 is 0 Å². The van der Waals surface area contributed by atoms with Gasteiger partial charge in [0.05, 0.1) is 0 Å². The average molecular weight is 368 g/mol. The number of H-pyrrole nitrogens is 1. The van der Waals surface area contributed by atoms with Gasteiger partial charge in [0.25, 0.3) is 11.8 Å². The second-order valence-corrected chi connectivity index (χ2v) is 5.77. The van der Waals surface area contributed by atoms with Crippen LogP contribution in [0.5, 0.6) is 5.75 Å². The van der Waals surface area contributed by atoms with Gasteiger partial charge in [0.1, 0.15) is 11.4 Å². The third kappa shape index (κ3) is 3.98. The first-order valence-corrected chi connectivity index (χ1v) is 8.14. The SMILES string of the molecule is NC(=O)COc1ccc(NC(=O)c2c[nH]c(=S)n2-c2ccccc2)cc1. The topological polar surface area (TPSA) is 102 Å². The quantitative estimate of drug-likeness (QED) is 0.582. The summed E-state index contributed by atoms with van der Waals surface area (Å²) in [4.78, 5) is 26.2. The van der Waals surface area contributed by atoms with Crippen LogP contribution >= 0.6 is 12.2 Å². The molecule has 26 heavy (non-hydrogen) atoms. The summed E-state index contributed by atoms with van der Waals surface area (Å²) in [5.41, 5.74) is 6.78. The van der Waals surface area contributed by atoms with Crippen molar-refractivity contribution in [2.75, 3.05) is 11.9 Å². The van der Waals surface area contributed by atoms with Gasteiger partial charge < -0.3 is 20.8 Å². The smallest absolute Gasteiger partial charge is 0.274 e. The second-order valence-electron chi connectivity index (χ2n) is 5.38. The first-order valence-electron chi connectivity index (χ1n) is 7.73. The number of benzene rings is 2. The van der Waals surface area contributed by atoms with Crippen molar-refractivity contribution in [2.24, 2.45) is 5.73 Å². The van der Waals surface area contributed by atoms with Crippen LogP contribution in [0.4, 0.5) is 5.69 Å². The fourth-order valence-corrected chi connectivity index (χ4v) is 2.62. The Morgan fingerprint density at radius 2 is 1.81 bits per heavy atom. The van der Waals surface area contributed by atoms with Crippen LogP contribution in [0.2, 0.25) is 0 Å². The highest BCUT2D eigenvalue weighted by Crippen LogP contribution is 2.18. The molecule has 3 rings (SSSR count). The number of nitrogens with one attached hydrogen (secondary N) is 2. The summed E-state index contributed by atoms with van der Waals surface area (Å²) >= 11 is 5.28. The minimum absolute atomic E-state index is 0.201. The summed E-state index contributed by atoms with van der Waals surface area (Å²) in [7, 11) is 0. The van der Waals surface area contributed by atoms with E-state index in [9.17, 15) is 9.59 Å². The molecule has 0 radical (unpaired) electrons. The van der Waals surface area contributed by atoms with Crippen LogP contribution in [0.3, 0.4) is 0 Å². The van der Waals surface area contributed by atoms with E-state index in [2.05, 4.69) is 10.3 Å². The number of amides is 2. The van der Waals surface area contributed by atoms with E-state index in [0.717, 1.165) is 5.69 Å². The Morgan fingerprint density at radius 3 is 2.46 bits per heavy atom. The van der Waals surface area contributed by atoms with Crippen LogP contribution in [0, 0.1) is 4.77 Å². The normalized spacial score (nSPS) is 10.3. The number of rotatable bonds is 6. The lowest BCUT2D eigenvalue weighted by molar-refractivity contribution is -0.119. The number of nitrogens with two attached hydrogens (primary N) is 1. The van der Waals surface area contributed by atoms with Crippen molar-refractivity contribution >= 4 is 29.7 Å². The molecule has 0 unspecified atom stereocenters. The van der Waals surface area contributed by atoms with E-state index in [1.54, 1.807) is 35.0 Å². The number of primary amides is 1. The molecule has 3 aromatic rings. The number of carbonyl (C=O) groups is 2. The molecule has 4 N–H and O–H groups in total. The zero-order valence-electron chi connectivity index (χ0n) is 13.6. The molecule has 0 atom stereocenters. The third-order valence-corrected chi connectivity index (χ3v) is 3.82. The molecule has 0 fully saturated rings. The monoisotopic (exact) mass is 368 g/mol. The zero-order valence-corrected chi connectivity index (χ0v) is 14.5. The summed E-state index contributed by atoms with van der Waals surface area (Å²) in [5.74, 6) is -0.386. The number of hydrogen-bond donors (Lipinski definition) is 3. The number of imidazole rings is 1. The Morgan fingerprint density at radius 1 is 1.12 bits per heavy atom. The maximum absolute atomic E-state index is 12.6. The number of ether oxygens (including phenoxy) is 1. The van der Waals surface area contributed by atoms with Crippen molar-refractivity contribution in [2.45, 2.75) is 0 Å². The number of aromatic amines is 1. The van der Waals surface area contributed by atoms with E-state index in [4.69, 9.17) is 22.7 Å². The van der Waals surface area contributed by atoms with Crippen LogP contribution in [0.15, 0.2) is 60.8 Å². The van der Waals surface area contributed by atoms with E-state index >= 15 is 0 Å². The lowest BCUT2D eigenvalue weighted by Gasteiger charge is -2.10. The molecule has 0 saturated heterocycles. The highest BCUT2D eigenvalue weighted by molar-refractivity contribution is 7.71. The van der Waals surface area contributed by atoms with Gasteiger partial charge in [-0.1, -0.05) is 18.2 Å². The van der Waals surface area contributed by atoms with Gasteiger partial charge in [-0.3, -0.25) is 14.2 Å². The highest BCUT2D eigenvalue weighted by atomic mass is 32.1. The van der Waals surface area contributed by atoms with E-state index < -0.39 is 5.91 Å². The molecule has 2 amide bonds. The summed E-state index contributed by atoms with van der Waals surface area (Å²) in [6.45, 7) is -0.201. The first-order chi connectivity index (χ1) is 12.5. The highest BCUT2D eigenvalue weighted by Gasteiger charge is 2.14. The van der Waals surface area contributed by atoms with Gasteiger partial charge in [-0.15, -0.1) is 0 Å². The Bertz CT molecular complexity index is 978. The molecule has 0 aliphatic carbocycles. The molecule has 0 spiro atoms. The third-order valence-electron chi connectivity index (χ3n) is 3.52. The van der Waals surface area contributed by atoms with E-state index in [-0.39, 0.29) is 12.5 Å². The summed E-state index contributed by atoms with van der Waals surface area (Å²) in [6.07, 6.45) is 1.56. The Hall–Kier alpha value is -3.39. The molecule has 8 heteroatoms. The van der Waals surface area contributed by atoms with Gasteiger partial charge in [-0.05, 0) is 48.6 Å². The Labute approximate surface area is 154 Å². The number of hydrogen-bond acceptors (Lipinski definition) is 4. The summed E-state index contributed by atoms with van der Waals surface area (Å²) < 4.78 is 7.27. The van der Waals surface area contributed by atoms with E-state index in [1.165, 1.54) is 0 Å². The first kappa shape index (κ1) is 17.4. The second kappa shape index (κ2) is 7.66. The van der Waals surface area contributed by atoms with Gasteiger partial charge in [-0.2, -0.15) is 0 Å². The molecule has 0 saturated carbocycles. The Kier molecular flexibility index (Phi) is 5.14. The molecular formula is C18H16N4O3S. The molecule has 1 aromatic heterocycles. The lowest BCUT2D eigenvalue weighted by Crippen LogP contribution is -2.20. The van der Waals surface area contributed by atoms with E-state index in [0.29, 0.717) is 21.9 Å². The fourth-order valence-electron chi connectivity index (χ4n) is 2.35. The molecule has 0 aliphatic rings. The van der Waals surface area contributed by atoms with Gasteiger partial charge in [0.15, 0.2) is 11.4 Å². The number of para-hydroxylation sites is 1. The molecule has 132 valence electrons. The fraction of sp³-hybridized carbons (Fsp3) is 0.0556. The van der Waals surface area contributed by atoms with Crippen LogP contribution in [-0.2, 0) is 4.79 Å². The molecule has 0 bridgehead atoms. The van der Waals surface area contributed by atoms with Crippen molar-refractivity contribution in [1.29, 1.82) is 0 Å². The lowest BCUT2D eigenvalue weighted by atomic mass is 10.2. The summed E-state index contributed by atoms with van der Waals surface area (Å²) in [5, 5.41) is 2.80. The van der Waals surface area contributed by atoms with Crippen molar-refractivity contribution < 1.29 is 14.3 Å². The van der Waals surface area contributed by atoms with Gasteiger partial charge in [0, 0.05) is 17.6 Å². The standard InChI is InChI=1S/C18H16N4O3S/c19-16(23)11-25-14-8-6-12(7-9-14)21-17(24)15-10-20-18(26)22(15)13-4-2-1-3-5-13/h1-10H,11H2,(H2,19,23)(H,20,26)(H,21,24). The number of nitrogens with zero attached hydrogens (tertiary/aromatic N) is 1. The average Bonchev–Trinajstić information content (AvgIpc) is 3.03.